The molecular weight excluding hydrogens is 421 g/mol. The largest absolute Gasteiger partial charge is 0.394 e. The summed E-state index contributed by atoms with van der Waals surface area (Å²) in [6.45, 7) is 3.58. The molecule has 0 spiro atoms. The van der Waals surface area contributed by atoms with E-state index < -0.39 is 46.8 Å². The summed E-state index contributed by atoms with van der Waals surface area (Å²) in [6, 6.07) is -0.194. The zero-order valence-corrected chi connectivity index (χ0v) is 17.2. The zero-order valence-electron chi connectivity index (χ0n) is 17.2. The molecule has 10 heteroatoms. The second-order valence-corrected chi connectivity index (χ2v) is 9.00. The number of nitrogens with zero attached hydrogens (tertiary/aromatic N) is 1. The first-order valence-corrected chi connectivity index (χ1v) is 10.3. The van der Waals surface area contributed by atoms with Crippen LogP contribution >= 0.6 is 0 Å². The molecule has 0 radical (unpaired) electrons. The predicted molar refractivity (Wildman–Crippen MR) is 101 cm³/mol. The normalized spacial score (nSPS) is 30.7. The molecule has 1 aliphatic heterocycles. The molecule has 170 valence electrons. The van der Waals surface area contributed by atoms with E-state index in [4.69, 9.17) is 0 Å². The summed E-state index contributed by atoms with van der Waals surface area (Å²) in [5.74, 6) is -1.93. The van der Waals surface area contributed by atoms with Gasteiger partial charge in [-0.1, -0.05) is 13.0 Å². The van der Waals surface area contributed by atoms with Gasteiger partial charge >= 0.3 is 12.2 Å². The molecule has 2 bridgehead atoms. The van der Waals surface area contributed by atoms with E-state index in [9.17, 15) is 27.2 Å². The molecule has 2 N–H and O–H groups in total. The Kier molecular flexibility index (Phi) is 4.97. The molecule has 4 aliphatic rings. The van der Waals surface area contributed by atoms with Crippen molar-refractivity contribution in [3.8, 4) is 0 Å². The number of alkyl halides is 3. The molecule has 1 saturated heterocycles. The van der Waals surface area contributed by atoms with Gasteiger partial charge in [-0.05, 0) is 44.1 Å². The van der Waals surface area contributed by atoms with E-state index >= 15 is 4.39 Å². The summed E-state index contributed by atoms with van der Waals surface area (Å²) in [5, 5.41) is 5.32. The van der Waals surface area contributed by atoms with E-state index in [0.29, 0.717) is 0 Å². The smallest absolute Gasteiger partial charge is 0.353 e. The molecule has 31 heavy (non-hydrogen) atoms. The lowest BCUT2D eigenvalue weighted by Gasteiger charge is -2.73. The lowest BCUT2D eigenvalue weighted by Crippen LogP contribution is -2.72. The van der Waals surface area contributed by atoms with E-state index in [-0.39, 0.29) is 55.8 Å². The molecule has 3 amide bonds. The van der Waals surface area contributed by atoms with Crippen molar-refractivity contribution in [2.75, 3.05) is 13.1 Å². The van der Waals surface area contributed by atoms with Crippen LogP contribution in [0.1, 0.15) is 50.3 Å². The average Bonchev–Trinajstić information content (AvgIpc) is 2.60. The highest BCUT2D eigenvalue weighted by molar-refractivity contribution is 5.88. The lowest BCUT2D eigenvalue weighted by atomic mass is 9.32. The molecule has 3 saturated carbocycles. The summed E-state index contributed by atoms with van der Waals surface area (Å²) in [7, 11) is 0. The van der Waals surface area contributed by atoms with Crippen molar-refractivity contribution >= 4 is 11.9 Å². The molecule has 2 unspecified atom stereocenters. The molecule has 3 aliphatic carbocycles. The number of rotatable bonds is 4. The summed E-state index contributed by atoms with van der Waals surface area (Å²) in [6.07, 6.45) is -4.96. The number of amides is 3. The second-order valence-electron chi connectivity index (χ2n) is 9.00. The van der Waals surface area contributed by atoms with E-state index in [1.54, 1.807) is 6.92 Å². The first-order chi connectivity index (χ1) is 14.4. The third kappa shape index (κ3) is 3.17. The minimum absolute atomic E-state index is 0.0174. The van der Waals surface area contributed by atoms with Gasteiger partial charge in [0.2, 0.25) is 5.91 Å². The number of urea groups is 1. The molecule has 1 heterocycles. The van der Waals surface area contributed by atoms with Gasteiger partial charge < -0.3 is 15.5 Å². The minimum atomic E-state index is -4.36. The number of hydrogen-bond donors (Lipinski definition) is 2. The molecule has 1 aromatic carbocycles. The monoisotopic (exact) mass is 445 g/mol. The van der Waals surface area contributed by atoms with Gasteiger partial charge in [0.1, 0.15) is 17.7 Å². The highest BCUT2D eigenvalue weighted by Gasteiger charge is 2.80. The van der Waals surface area contributed by atoms with E-state index in [1.165, 1.54) is 17.9 Å². The Morgan fingerprint density at radius 3 is 2.52 bits per heavy atom. The van der Waals surface area contributed by atoms with Crippen LogP contribution in [-0.4, -0.2) is 42.1 Å². The van der Waals surface area contributed by atoms with Crippen molar-refractivity contribution in [2.45, 2.75) is 57.8 Å². The van der Waals surface area contributed by atoms with Gasteiger partial charge in [0.15, 0.2) is 0 Å². The maximum atomic E-state index is 15.2. The van der Waals surface area contributed by atoms with Gasteiger partial charge in [0.25, 0.3) is 0 Å². The highest BCUT2D eigenvalue weighted by Crippen LogP contribution is 2.81. The van der Waals surface area contributed by atoms with Gasteiger partial charge in [-0.3, -0.25) is 4.79 Å². The third-order valence-electron chi connectivity index (χ3n) is 7.19. The molecule has 4 fully saturated rings. The fraction of sp³-hybridized carbons (Fsp3) is 0.619. The molecule has 1 aromatic rings. The fourth-order valence-corrected chi connectivity index (χ4v) is 5.46. The molecule has 5 rings (SSSR count). The van der Waals surface area contributed by atoms with Crippen LogP contribution in [0.25, 0.3) is 0 Å². The standard InChI is InChI=1S/C21H24F5N3O2/c1-3-12-14(22)5-4-13(15(12)23)16(19-8-20(9-19,10-19)21(24,25)26)28-18(31)29-7-6-27-17(30)11(29)2/h4-5,11,16H,3,6-10H2,1-2H3,(H,27,30)(H,28,31). The fourth-order valence-electron chi connectivity index (χ4n) is 5.46. The highest BCUT2D eigenvalue weighted by atomic mass is 19.4. The van der Waals surface area contributed by atoms with Gasteiger partial charge in [-0.2, -0.15) is 13.2 Å². The van der Waals surface area contributed by atoms with Crippen molar-refractivity contribution < 1.29 is 31.5 Å². The van der Waals surface area contributed by atoms with Crippen LogP contribution in [-0.2, 0) is 11.2 Å². The summed E-state index contributed by atoms with van der Waals surface area (Å²) >= 11 is 0. The van der Waals surface area contributed by atoms with Crippen molar-refractivity contribution in [3.05, 3.63) is 34.9 Å². The van der Waals surface area contributed by atoms with Gasteiger partial charge in [0, 0.05) is 24.2 Å². The van der Waals surface area contributed by atoms with Crippen LogP contribution in [0.2, 0.25) is 0 Å². The number of hydrogen-bond acceptors (Lipinski definition) is 2. The SMILES string of the molecule is CCc1c(F)ccc(C(NC(=O)N2CCNC(=O)C2C)C23CC(C(F)(F)F)(C2)C3)c1F. The Hall–Kier alpha value is -2.39. The molecular formula is C21H24F5N3O2. The molecule has 5 nitrogen and oxygen atoms in total. The average molecular weight is 445 g/mol. The summed E-state index contributed by atoms with van der Waals surface area (Å²) < 4.78 is 69.4. The van der Waals surface area contributed by atoms with Crippen molar-refractivity contribution in [1.29, 1.82) is 0 Å². The van der Waals surface area contributed by atoms with Gasteiger partial charge in [-0.15, -0.1) is 0 Å². The summed E-state index contributed by atoms with van der Waals surface area (Å²) in [4.78, 5) is 26.1. The quantitative estimate of drug-likeness (QED) is 0.692. The van der Waals surface area contributed by atoms with Crippen LogP contribution in [0.5, 0.6) is 0 Å². The first-order valence-electron chi connectivity index (χ1n) is 10.3. The maximum absolute atomic E-state index is 15.2. The molecule has 2 atom stereocenters. The predicted octanol–water partition coefficient (Wildman–Crippen LogP) is 3.83. The van der Waals surface area contributed by atoms with Crippen LogP contribution in [0.3, 0.4) is 0 Å². The summed E-state index contributed by atoms with van der Waals surface area (Å²) in [5.41, 5.74) is -2.93. The van der Waals surface area contributed by atoms with Crippen LogP contribution in [0, 0.1) is 22.5 Å². The zero-order chi connectivity index (χ0) is 22.8. The first kappa shape index (κ1) is 21.8. The maximum Gasteiger partial charge on any atom is 0.394 e. The number of piperazine rings is 1. The lowest BCUT2D eigenvalue weighted by molar-refractivity contribution is -0.370. The van der Waals surface area contributed by atoms with E-state index in [2.05, 4.69) is 10.6 Å². The Labute approximate surface area is 176 Å². The van der Waals surface area contributed by atoms with E-state index in [1.807, 2.05) is 0 Å². The van der Waals surface area contributed by atoms with Crippen LogP contribution < -0.4 is 10.6 Å². The second kappa shape index (κ2) is 7.06. The number of carbonyl (C=O) groups is 2. The number of nitrogens with one attached hydrogen (secondary N) is 2. The topological polar surface area (TPSA) is 61.4 Å². The van der Waals surface area contributed by atoms with Crippen LogP contribution in [0.15, 0.2) is 12.1 Å². The third-order valence-corrected chi connectivity index (χ3v) is 7.19. The Morgan fingerprint density at radius 1 is 1.29 bits per heavy atom. The minimum Gasteiger partial charge on any atom is -0.353 e. The van der Waals surface area contributed by atoms with Gasteiger partial charge in [0.05, 0.1) is 11.5 Å². The Balaban J connectivity index is 1.66. The van der Waals surface area contributed by atoms with Gasteiger partial charge in [-0.25, -0.2) is 13.6 Å². The Morgan fingerprint density at radius 2 is 1.94 bits per heavy atom. The van der Waals surface area contributed by atoms with Crippen molar-refractivity contribution in [3.63, 3.8) is 0 Å². The number of benzene rings is 1. The van der Waals surface area contributed by atoms with Crippen molar-refractivity contribution in [2.24, 2.45) is 10.8 Å². The number of halogens is 5. The van der Waals surface area contributed by atoms with Crippen LogP contribution in [0.4, 0.5) is 26.7 Å². The number of carbonyl (C=O) groups excluding carboxylic acids is 2. The Bertz CT molecular complexity index is 913. The van der Waals surface area contributed by atoms with E-state index in [0.717, 1.165) is 6.07 Å². The van der Waals surface area contributed by atoms with Crippen molar-refractivity contribution in [1.82, 2.24) is 15.5 Å². The molecule has 0 aromatic heterocycles.